The van der Waals surface area contributed by atoms with E-state index >= 15 is 0 Å². The summed E-state index contributed by atoms with van der Waals surface area (Å²) in [5.74, 6) is 1.40. The van der Waals surface area contributed by atoms with Crippen LogP contribution in [0.2, 0.25) is 0 Å². The minimum Gasteiger partial charge on any atom is -0.481 e. The molecule has 0 radical (unpaired) electrons. The average molecular weight is 284 g/mol. The van der Waals surface area contributed by atoms with Gasteiger partial charge in [-0.05, 0) is 18.3 Å². The van der Waals surface area contributed by atoms with Gasteiger partial charge in [0, 0.05) is 20.1 Å². The van der Waals surface area contributed by atoms with Gasteiger partial charge in [-0.25, -0.2) is 0 Å². The van der Waals surface area contributed by atoms with Gasteiger partial charge in [0.15, 0.2) is 5.16 Å². The summed E-state index contributed by atoms with van der Waals surface area (Å²) in [6.07, 6.45) is 1.16. The molecule has 7 heteroatoms. The fraction of sp³-hybridized carbons (Fsp3) is 0.750. The fourth-order valence-corrected chi connectivity index (χ4v) is 2.91. The Labute approximate surface area is 117 Å². The van der Waals surface area contributed by atoms with Crippen molar-refractivity contribution in [1.29, 1.82) is 0 Å². The molecule has 0 aromatic carbocycles. The number of carboxylic acid groups (broad SMARTS) is 1. The largest absolute Gasteiger partial charge is 0.481 e. The fourth-order valence-electron chi connectivity index (χ4n) is 2.28. The number of aliphatic carboxylic acids is 1. The molecule has 1 N–H and O–H groups in total. The average Bonchev–Trinajstić information content (AvgIpc) is 2.72. The highest BCUT2D eigenvalue weighted by molar-refractivity contribution is 7.99. The summed E-state index contributed by atoms with van der Waals surface area (Å²) in [5, 5.41) is 17.6. The Balaban J connectivity index is 2.07. The van der Waals surface area contributed by atoms with Crippen LogP contribution in [-0.4, -0.2) is 44.7 Å². The van der Waals surface area contributed by atoms with E-state index in [9.17, 15) is 4.79 Å². The second kappa shape index (κ2) is 5.81. The molecule has 0 saturated carbocycles. The van der Waals surface area contributed by atoms with E-state index in [4.69, 9.17) is 5.11 Å². The lowest BCUT2D eigenvalue weighted by atomic mass is 9.89. The predicted molar refractivity (Wildman–Crippen MR) is 74.5 cm³/mol. The third-order valence-electron chi connectivity index (χ3n) is 3.75. The molecule has 1 saturated heterocycles. The number of rotatable bonds is 4. The third kappa shape index (κ3) is 3.20. The van der Waals surface area contributed by atoms with E-state index in [0.717, 1.165) is 31.4 Å². The molecule has 1 aromatic rings. The maximum Gasteiger partial charge on any atom is 0.313 e. The second-order valence-electron chi connectivity index (χ2n) is 5.21. The normalized spacial score (nSPS) is 23.6. The molecule has 2 rings (SSSR count). The van der Waals surface area contributed by atoms with Crippen LogP contribution in [0.25, 0.3) is 0 Å². The number of nitrogens with zero attached hydrogens (tertiary/aromatic N) is 4. The van der Waals surface area contributed by atoms with E-state index in [1.807, 2.05) is 11.6 Å². The molecule has 0 amide bonds. The van der Waals surface area contributed by atoms with Crippen LogP contribution in [0.5, 0.6) is 0 Å². The molecule has 0 bridgehead atoms. The number of hydrogen-bond acceptors (Lipinski definition) is 5. The molecule has 1 aliphatic rings. The Kier molecular flexibility index (Phi) is 4.34. The molecular formula is C12H20N4O2S. The molecule has 106 valence electrons. The van der Waals surface area contributed by atoms with Gasteiger partial charge in [0.2, 0.25) is 5.95 Å². The van der Waals surface area contributed by atoms with Gasteiger partial charge in [0.05, 0.1) is 5.75 Å². The Hall–Kier alpha value is -1.24. The minimum absolute atomic E-state index is 0.0133. The van der Waals surface area contributed by atoms with Gasteiger partial charge >= 0.3 is 5.97 Å². The first-order chi connectivity index (χ1) is 8.99. The zero-order chi connectivity index (χ0) is 14.0. The van der Waals surface area contributed by atoms with Crippen LogP contribution < -0.4 is 4.90 Å². The van der Waals surface area contributed by atoms with Crippen molar-refractivity contribution in [2.75, 3.05) is 23.7 Å². The maximum atomic E-state index is 10.6. The molecule has 6 nitrogen and oxygen atoms in total. The SMILES string of the molecule is CC1CCN(c2nnc(SCC(=O)O)n2C)CC1C. The highest BCUT2D eigenvalue weighted by atomic mass is 32.2. The van der Waals surface area contributed by atoms with E-state index < -0.39 is 5.97 Å². The van der Waals surface area contributed by atoms with Gasteiger partial charge in [-0.1, -0.05) is 25.6 Å². The van der Waals surface area contributed by atoms with Gasteiger partial charge in [0.1, 0.15) is 0 Å². The lowest BCUT2D eigenvalue weighted by Crippen LogP contribution is -2.39. The molecule has 1 fully saturated rings. The summed E-state index contributed by atoms with van der Waals surface area (Å²) < 4.78 is 1.89. The quantitative estimate of drug-likeness (QED) is 0.844. The summed E-state index contributed by atoms with van der Waals surface area (Å²) in [6.45, 7) is 6.51. The first kappa shape index (κ1) is 14.2. The molecule has 0 spiro atoms. The van der Waals surface area contributed by atoms with Crippen molar-refractivity contribution in [2.45, 2.75) is 25.4 Å². The zero-order valence-electron chi connectivity index (χ0n) is 11.5. The molecule has 19 heavy (non-hydrogen) atoms. The van der Waals surface area contributed by atoms with Crippen molar-refractivity contribution < 1.29 is 9.90 Å². The first-order valence-electron chi connectivity index (χ1n) is 6.48. The second-order valence-corrected chi connectivity index (χ2v) is 6.16. The van der Waals surface area contributed by atoms with Gasteiger partial charge in [-0.15, -0.1) is 10.2 Å². The summed E-state index contributed by atoms with van der Waals surface area (Å²) >= 11 is 1.20. The van der Waals surface area contributed by atoms with Crippen LogP contribution in [0.4, 0.5) is 5.95 Å². The van der Waals surface area contributed by atoms with E-state index in [2.05, 4.69) is 28.9 Å². The lowest BCUT2D eigenvalue weighted by molar-refractivity contribution is -0.133. The lowest BCUT2D eigenvalue weighted by Gasteiger charge is -2.35. The van der Waals surface area contributed by atoms with Crippen LogP contribution in [0.3, 0.4) is 0 Å². The van der Waals surface area contributed by atoms with Crippen LogP contribution in [0, 0.1) is 11.8 Å². The Morgan fingerprint density at radius 3 is 2.79 bits per heavy atom. The van der Waals surface area contributed by atoms with Crippen LogP contribution in [0.15, 0.2) is 5.16 Å². The Morgan fingerprint density at radius 2 is 2.16 bits per heavy atom. The molecule has 2 heterocycles. The highest BCUT2D eigenvalue weighted by Crippen LogP contribution is 2.27. The number of aromatic nitrogens is 3. The number of carboxylic acids is 1. The number of piperidine rings is 1. The monoisotopic (exact) mass is 284 g/mol. The third-order valence-corrected chi connectivity index (χ3v) is 4.76. The summed E-state index contributed by atoms with van der Waals surface area (Å²) in [7, 11) is 1.89. The molecule has 0 aliphatic carbocycles. The van der Waals surface area contributed by atoms with Gasteiger partial charge < -0.3 is 10.0 Å². The van der Waals surface area contributed by atoms with E-state index in [1.165, 1.54) is 11.8 Å². The number of hydrogen-bond donors (Lipinski definition) is 1. The van der Waals surface area contributed by atoms with Crippen LogP contribution in [-0.2, 0) is 11.8 Å². The summed E-state index contributed by atoms with van der Waals surface area (Å²) in [6, 6.07) is 0. The maximum absolute atomic E-state index is 10.6. The Morgan fingerprint density at radius 1 is 1.42 bits per heavy atom. The van der Waals surface area contributed by atoms with Gasteiger partial charge in [-0.3, -0.25) is 9.36 Å². The molecule has 1 aliphatic heterocycles. The van der Waals surface area contributed by atoms with E-state index in [1.54, 1.807) is 0 Å². The van der Waals surface area contributed by atoms with Crippen LogP contribution in [0.1, 0.15) is 20.3 Å². The van der Waals surface area contributed by atoms with E-state index in [-0.39, 0.29) is 5.75 Å². The van der Waals surface area contributed by atoms with E-state index in [0.29, 0.717) is 11.1 Å². The first-order valence-corrected chi connectivity index (χ1v) is 7.46. The molecular weight excluding hydrogens is 264 g/mol. The van der Waals surface area contributed by atoms with Crippen molar-refractivity contribution in [3.8, 4) is 0 Å². The highest BCUT2D eigenvalue weighted by Gasteiger charge is 2.26. The van der Waals surface area contributed by atoms with Crippen molar-refractivity contribution in [2.24, 2.45) is 18.9 Å². The van der Waals surface area contributed by atoms with Gasteiger partial charge in [0.25, 0.3) is 0 Å². The van der Waals surface area contributed by atoms with Crippen molar-refractivity contribution in [1.82, 2.24) is 14.8 Å². The minimum atomic E-state index is -0.838. The predicted octanol–water partition coefficient (Wildman–Crippen LogP) is 1.47. The van der Waals surface area contributed by atoms with Crippen molar-refractivity contribution >= 4 is 23.7 Å². The van der Waals surface area contributed by atoms with Crippen molar-refractivity contribution in [3.63, 3.8) is 0 Å². The van der Waals surface area contributed by atoms with Crippen molar-refractivity contribution in [3.05, 3.63) is 0 Å². The molecule has 1 aromatic heterocycles. The number of carbonyl (C=O) groups is 1. The van der Waals surface area contributed by atoms with Gasteiger partial charge in [-0.2, -0.15) is 0 Å². The number of thioether (sulfide) groups is 1. The molecule has 2 atom stereocenters. The zero-order valence-corrected chi connectivity index (χ0v) is 12.4. The Bertz CT molecular complexity index is 463. The van der Waals surface area contributed by atoms with Crippen LogP contribution >= 0.6 is 11.8 Å². The summed E-state index contributed by atoms with van der Waals surface area (Å²) in [4.78, 5) is 12.8. The smallest absolute Gasteiger partial charge is 0.313 e. The number of anilines is 1. The topological polar surface area (TPSA) is 71.2 Å². The summed E-state index contributed by atoms with van der Waals surface area (Å²) in [5.41, 5.74) is 0. The molecule has 2 unspecified atom stereocenters. The standard InChI is InChI=1S/C12H20N4O2S/c1-8-4-5-16(6-9(8)2)11-13-14-12(15(11)3)19-7-10(17)18/h8-9H,4-7H2,1-3H3,(H,17,18).